The molecule has 0 fully saturated rings. The molecule has 6 nitrogen and oxygen atoms in total. The number of halogens is 1. The lowest BCUT2D eigenvalue weighted by atomic mass is 10.1. The number of ether oxygens (including phenoxy) is 1. The summed E-state index contributed by atoms with van der Waals surface area (Å²) >= 11 is 3.44. The van der Waals surface area contributed by atoms with Gasteiger partial charge in [-0.15, -0.1) is 0 Å². The van der Waals surface area contributed by atoms with Crippen molar-refractivity contribution in [2.24, 2.45) is 5.73 Å². The van der Waals surface area contributed by atoms with Gasteiger partial charge >= 0.3 is 5.69 Å². The Labute approximate surface area is 155 Å². The summed E-state index contributed by atoms with van der Waals surface area (Å²) in [6.45, 7) is 2.81. The second-order valence-corrected chi connectivity index (χ2v) is 6.66. The number of hydrogen-bond acceptors (Lipinski definition) is 5. The van der Waals surface area contributed by atoms with Gasteiger partial charge in [0.1, 0.15) is 0 Å². The molecule has 0 spiro atoms. The zero-order valence-corrected chi connectivity index (χ0v) is 15.7. The Balaban J connectivity index is 2.16. The molecule has 0 aliphatic carbocycles. The molecule has 0 atom stereocenters. The Bertz CT molecular complexity index is 707. The highest BCUT2D eigenvalue weighted by atomic mass is 79.9. The molecule has 134 valence electrons. The van der Waals surface area contributed by atoms with Gasteiger partial charge in [-0.05, 0) is 42.3 Å². The number of nitrogens with two attached hydrogens (primary N) is 1. The molecular weight excluding hydrogens is 386 g/mol. The van der Waals surface area contributed by atoms with Crippen LogP contribution in [0.2, 0.25) is 0 Å². The van der Waals surface area contributed by atoms with Crippen molar-refractivity contribution in [2.45, 2.75) is 19.5 Å². The molecule has 2 N–H and O–H groups in total. The predicted octanol–water partition coefficient (Wildman–Crippen LogP) is 3.72. The SMILES string of the molecule is COc1ccc(CN(CCCN)Cc2ccc(Br)cc2)cc1[N+](=O)[O-]. The summed E-state index contributed by atoms with van der Waals surface area (Å²) in [5, 5.41) is 11.2. The normalized spacial score (nSPS) is 10.9. The molecule has 0 saturated heterocycles. The predicted molar refractivity (Wildman–Crippen MR) is 102 cm³/mol. The van der Waals surface area contributed by atoms with E-state index >= 15 is 0 Å². The first-order valence-corrected chi connectivity index (χ1v) is 8.81. The minimum Gasteiger partial charge on any atom is -0.490 e. The standard InChI is InChI=1S/C18H22BrN3O3/c1-25-18-8-5-15(11-17(18)22(23)24)13-21(10-2-9-20)12-14-3-6-16(19)7-4-14/h3-8,11H,2,9-10,12-13,20H2,1H3. The van der Waals surface area contributed by atoms with Gasteiger partial charge in [-0.1, -0.05) is 34.1 Å². The zero-order valence-electron chi connectivity index (χ0n) is 14.2. The molecule has 2 aromatic rings. The summed E-state index contributed by atoms with van der Waals surface area (Å²) in [5.41, 5.74) is 7.69. The summed E-state index contributed by atoms with van der Waals surface area (Å²) in [4.78, 5) is 13.0. The summed E-state index contributed by atoms with van der Waals surface area (Å²) in [6, 6.07) is 13.2. The first kappa shape index (κ1) is 19.4. The highest BCUT2D eigenvalue weighted by Crippen LogP contribution is 2.28. The van der Waals surface area contributed by atoms with Gasteiger partial charge < -0.3 is 10.5 Å². The first-order valence-electron chi connectivity index (χ1n) is 8.01. The van der Waals surface area contributed by atoms with Gasteiger partial charge in [0.15, 0.2) is 5.75 Å². The minimum absolute atomic E-state index is 0.0117. The van der Waals surface area contributed by atoms with Crippen molar-refractivity contribution < 1.29 is 9.66 Å². The third-order valence-corrected chi connectivity index (χ3v) is 4.37. The van der Waals surface area contributed by atoms with Gasteiger partial charge in [0, 0.05) is 30.2 Å². The largest absolute Gasteiger partial charge is 0.490 e. The Morgan fingerprint density at radius 2 is 1.80 bits per heavy atom. The van der Waals surface area contributed by atoms with Crippen LogP contribution in [-0.2, 0) is 13.1 Å². The Morgan fingerprint density at radius 1 is 1.16 bits per heavy atom. The van der Waals surface area contributed by atoms with Crippen LogP contribution in [0.15, 0.2) is 46.9 Å². The summed E-state index contributed by atoms with van der Waals surface area (Å²) in [5.74, 6) is 0.273. The molecule has 0 amide bonds. The number of nitrogens with zero attached hydrogens (tertiary/aromatic N) is 2. The van der Waals surface area contributed by atoms with Gasteiger partial charge in [-0.3, -0.25) is 15.0 Å². The lowest BCUT2D eigenvalue weighted by Gasteiger charge is -2.22. The number of nitro benzene ring substituents is 1. The molecule has 25 heavy (non-hydrogen) atoms. The van der Waals surface area contributed by atoms with Crippen molar-refractivity contribution in [1.82, 2.24) is 4.90 Å². The Kier molecular flexibility index (Phi) is 7.36. The van der Waals surface area contributed by atoms with Crippen LogP contribution in [0.5, 0.6) is 5.75 Å². The number of benzene rings is 2. The van der Waals surface area contributed by atoms with E-state index in [-0.39, 0.29) is 11.4 Å². The fourth-order valence-corrected chi connectivity index (χ4v) is 2.88. The minimum atomic E-state index is -0.415. The molecule has 0 aromatic heterocycles. The van der Waals surface area contributed by atoms with Crippen LogP contribution >= 0.6 is 15.9 Å². The van der Waals surface area contributed by atoms with Gasteiger partial charge in [-0.2, -0.15) is 0 Å². The summed E-state index contributed by atoms with van der Waals surface area (Å²) in [6.07, 6.45) is 0.870. The van der Waals surface area contributed by atoms with E-state index in [2.05, 4.69) is 33.0 Å². The first-order chi connectivity index (χ1) is 12.0. The van der Waals surface area contributed by atoms with Crippen LogP contribution in [0.3, 0.4) is 0 Å². The van der Waals surface area contributed by atoms with Crippen molar-refractivity contribution in [3.63, 3.8) is 0 Å². The molecule has 7 heteroatoms. The van der Waals surface area contributed by atoms with Crippen LogP contribution in [-0.4, -0.2) is 30.0 Å². The quantitative estimate of drug-likeness (QED) is 0.505. The number of rotatable bonds is 9. The second kappa shape index (κ2) is 9.50. The monoisotopic (exact) mass is 407 g/mol. The molecule has 2 aromatic carbocycles. The van der Waals surface area contributed by atoms with E-state index < -0.39 is 4.92 Å². The molecule has 0 aliphatic rings. The second-order valence-electron chi connectivity index (χ2n) is 5.74. The molecule has 0 radical (unpaired) electrons. The van der Waals surface area contributed by atoms with Gasteiger partial charge in [-0.25, -0.2) is 0 Å². The van der Waals surface area contributed by atoms with E-state index in [0.29, 0.717) is 13.1 Å². The third kappa shape index (κ3) is 5.81. The highest BCUT2D eigenvalue weighted by molar-refractivity contribution is 9.10. The Hall–Kier alpha value is -1.96. The van der Waals surface area contributed by atoms with Gasteiger partial charge in [0.05, 0.1) is 12.0 Å². The van der Waals surface area contributed by atoms with Crippen molar-refractivity contribution in [1.29, 1.82) is 0 Å². The average molecular weight is 408 g/mol. The topological polar surface area (TPSA) is 81.6 Å². The van der Waals surface area contributed by atoms with E-state index in [1.165, 1.54) is 12.7 Å². The molecule has 0 bridgehead atoms. The number of nitro groups is 1. The molecule has 0 aliphatic heterocycles. The molecule has 0 heterocycles. The third-order valence-electron chi connectivity index (χ3n) is 3.84. The average Bonchev–Trinajstić information content (AvgIpc) is 2.61. The van der Waals surface area contributed by atoms with E-state index in [4.69, 9.17) is 10.5 Å². The smallest absolute Gasteiger partial charge is 0.311 e. The highest BCUT2D eigenvalue weighted by Gasteiger charge is 2.16. The van der Waals surface area contributed by atoms with E-state index in [9.17, 15) is 10.1 Å². The van der Waals surface area contributed by atoms with Crippen molar-refractivity contribution in [3.05, 3.63) is 68.2 Å². The lowest BCUT2D eigenvalue weighted by molar-refractivity contribution is -0.385. The maximum absolute atomic E-state index is 11.2. The van der Waals surface area contributed by atoms with E-state index in [1.807, 2.05) is 18.2 Å². The molecule has 0 unspecified atom stereocenters. The Morgan fingerprint density at radius 3 is 2.40 bits per heavy atom. The van der Waals surface area contributed by atoms with Crippen molar-refractivity contribution in [3.8, 4) is 5.75 Å². The molecule has 0 saturated carbocycles. The van der Waals surface area contributed by atoms with Crippen molar-refractivity contribution in [2.75, 3.05) is 20.2 Å². The van der Waals surface area contributed by atoms with E-state index in [1.54, 1.807) is 12.1 Å². The maximum atomic E-state index is 11.2. The number of hydrogen-bond donors (Lipinski definition) is 1. The number of methoxy groups -OCH3 is 1. The summed E-state index contributed by atoms with van der Waals surface area (Å²) < 4.78 is 6.10. The maximum Gasteiger partial charge on any atom is 0.311 e. The fraction of sp³-hybridized carbons (Fsp3) is 0.333. The summed E-state index contributed by atoms with van der Waals surface area (Å²) in [7, 11) is 1.43. The van der Waals surface area contributed by atoms with Gasteiger partial charge in [0.25, 0.3) is 0 Å². The van der Waals surface area contributed by atoms with Crippen molar-refractivity contribution >= 4 is 21.6 Å². The van der Waals surface area contributed by atoms with Crippen LogP contribution in [0, 0.1) is 10.1 Å². The molecule has 2 rings (SSSR count). The van der Waals surface area contributed by atoms with Crippen LogP contribution in [0.4, 0.5) is 5.69 Å². The van der Waals surface area contributed by atoms with Crippen LogP contribution in [0.1, 0.15) is 17.5 Å². The zero-order chi connectivity index (χ0) is 18.2. The van der Waals surface area contributed by atoms with Crippen LogP contribution in [0.25, 0.3) is 0 Å². The molecular formula is C18H22BrN3O3. The van der Waals surface area contributed by atoms with Crippen LogP contribution < -0.4 is 10.5 Å². The van der Waals surface area contributed by atoms with Gasteiger partial charge in [0.2, 0.25) is 0 Å². The fourth-order valence-electron chi connectivity index (χ4n) is 2.61. The lowest BCUT2D eigenvalue weighted by Crippen LogP contribution is -2.25. The van der Waals surface area contributed by atoms with E-state index in [0.717, 1.165) is 29.5 Å².